The van der Waals surface area contributed by atoms with Crippen LogP contribution in [0.2, 0.25) is 0 Å². The number of carboxylic acid groups (broad SMARTS) is 1. The summed E-state index contributed by atoms with van der Waals surface area (Å²) in [6, 6.07) is -1.07. The van der Waals surface area contributed by atoms with E-state index in [9.17, 15) is 14.7 Å². The normalized spacial score (nSPS) is 19.1. The molecule has 2 atom stereocenters. The summed E-state index contributed by atoms with van der Waals surface area (Å²) in [6.45, 7) is 1.94. The van der Waals surface area contributed by atoms with Gasteiger partial charge in [0.15, 0.2) is 0 Å². The van der Waals surface area contributed by atoms with Gasteiger partial charge in [0, 0.05) is 6.04 Å². The van der Waals surface area contributed by atoms with Crippen LogP contribution in [0.3, 0.4) is 0 Å². The van der Waals surface area contributed by atoms with E-state index in [1.54, 1.807) is 11.8 Å². The Kier molecular flexibility index (Phi) is 7.80. The van der Waals surface area contributed by atoms with Crippen LogP contribution >= 0.6 is 11.8 Å². The zero-order chi connectivity index (χ0) is 15.0. The molecule has 20 heavy (non-hydrogen) atoms. The van der Waals surface area contributed by atoms with Crippen LogP contribution < -0.4 is 10.6 Å². The summed E-state index contributed by atoms with van der Waals surface area (Å²) < 4.78 is 0. The summed E-state index contributed by atoms with van der Waals surface area (Å²) in [5.74, 6) is 0.115. The first-order valence-corrected chi connectivity index (χ1v) is 8.72. The summed E-state index contributed by atoms with van der Waals surface area (Å²) in [7, 11) is 0. The smallest absolute Gasteiger partial charge is 0.326 e. The van der Waals surface area contributed by atoms with Crippen LogP contribution in [-0.2, 0) is 4.79 Å². The second kappa shape index (κ2) is 9.10. The number of rotatable bonds is 7. The SMILES string of the molecule is CSCCC(C)NC(=O)NC(C(=O)O)C1CCCCC1. The van der Waals surface area contributed by atoms with Gasteiger partial charge in [0.1, 0.15) is 6.04 Å². The number of hydrogen-bond acceptors (Lipinski definition) is 3. The second-order valence-electron chi connectivity index (χ2n) is 5.51. The molecule has 3 N–H and O–H groups in total. The number of urea groups is 1. The molecule has 1 aliphatic rings. The predicted octanol–water partition coefficient (Wildman–Crippen LogP) is 2.46. The van der Waals surface area contributed by atoms with Crippen molar-refractivity contribution in [3.63, 3.8) is 0 Å². The van der Waals surface area contributed by atoms with Crippen molar-refractivity contribution < 1.29 is 14.7 Å². The molecule has 6 heteroatoms. The maximum absolute atomic E-state index is 11.9. The molecular formula is C14H26N2O3S. The van der Waals surface area contributed by atoms with Gasteiger partial charge >= 0.3 is 12.0 Å². The molecule has 0 aromatic carbocycles. The van der Waals surface area contributed by atoms with Crippen molar-refractivity contribution in [2.75, 3.05) is 12.0 Å². The number of aliphatic carboxylic acids is 1. The van der Waals surface area contributed by atoms with Gasteiger partial charge in [-0.15, -0.1) is 0 Å². The molecule has 2 amide bonds. The van der Waals surface area contributed by atoms with Crippen LogP contribution in [0.4, 0.5) is 4.79 Å². The lowest BCUT2D eigenvalue weighted by atomic mass is 9.84. The lowest BCUT2D eigenvalue weighted by Gasteiger charge is -2.28. The van der Waals surface area contributed by atoms with Gasteiger partial charge in [0.2, 0.25) is 0 Å². The summed E-state index contributed by atoms with van der Waals surface area (Å²) in [5, 5.41) is 14.8. The monoisotopic (exact) mass is 302 g/mol. The molecule has 116 valence electrons. The molecule has 0 aromatic heterocycles. The van der Waals surface area contributed by atoms with Crippen molar-refractivity contribution in [2.24, 2.45) is 5.92 Å². The first-order valence-electron chi connectivity index (χ1n) is 7.33. The number of amides is 2. The third-order valence-electron chi connectivity index (χ3n) is 3.81. The fraction of sp³-hybridized carbons (Fsp3) is 0.857. The molecule has 2 unspecified atom stereocenters. The molecule has 0 heterocycles. The molecule has 1 saturated carbocycles. The van der Waals surface area contributed by atoms with E-state index in [-0.39, 0.29) is 18.0 Å². The highest BCUT2D eigenvalue weighted by atomic mass is 32.2. The van der Waals surface area contributed by atoms with Crippen LogP contribution in [0.15, 0.2) is 0 Å². The topological polar surface area (TPSA) is 78.4 Å². The van der Waals surface area contributed by atoms with E-state index in [2.05, 4.69) is 10.6 Å². The van der Waals surface area contributed by atoms with E-state index < -0.39 is 12.0 Å². The molecule has 0 bridgehead atoms. The molecule has 1 fully saturated rings. The van der Waals surface area contributed by atoms with E-state index in [4.69, 9.17) is 0 Å². The quantitative estimate of drug-likeness (QED) is 0.675. The van der Waals surface area contributed by atoms with Crippen LogP contribution in [0, 0.1) is 5.92 Å². The Morgan fingerprint density at radius 2 is 1.90 bits per heavy atom. The highest BCUT2D eigenvalue weighted by molar-refractivity contribution is 7.98. The third-order valence-corrected chi connectivity index (χ3v) is 4.45. The number of nitrogens with one attached hydrogen (secondary N) is 2. The lowest BCUT2D eigenvalue weighted by molar-refractivity contribution is -0.141. The van der Waals surface area contributed by atoms with Crippen molar-refractivity contribution in [3.05, 3.63) is 0 Å². The Balaban J connectivity index is 2.44. The number of carbonyl (C=O) groups excluding carboxylic acids is 1. The fourth-order valence-corrected chi connectivity index (χ4v) is 3.21. The van der Waals surface area contributed by atoms with Crippen molar-refractivity contribution in [1.29, 1.82) is 0 Å². The summed E-state index contributed by atoms with van der Waals surface area (Å²) in [6.07, 6.45) is 7.97. The van der Waals surface area contributed by atoms with E-state index in [1.165, 1.54) is 6.42 Å². The van der Waals surface area contributed by atoms with Crippen LogP contribution in [-0.4, -0.2) is 41.2 Å². The van der Waals surface area contributed by atoms with Crippen molar-refractivity contribution in [2.45, 2.75) is 57.5 Å². The van der Waals surface area contributed by atoms with E-state index in [0.717, 1.165) is 37.9 Å². The first kappa shape index (κ1) is 17.1. The maximum Gasteiger partial charge on any atom is 0.326 e. The number of carbonyl (C=O) groups is 2. The molecule has 5 nitrogen and oxygen atoms in total. The molecule has 0 saturated heterocycles. The third kappa shape index (κ3) is 6.03. The van der Waals surface area contributed by atoms with Crippen LogP contribution in [0.1, 0.15) is 45.4 Å². The molecular weight excluding hydrogens is 276 g/mol. The minimum atomic E-state index is -0.927. The van der Waals surface area contributed by atoms with Gasteiger partial charge in [-0.1, -0.05) is 19.3 Å². The van der Waals surface area contributed by atoms with Gasteiger partial charge in [0.25, 0.3) is 0 Å². The average Bonchev–Trinajstić information content (AvgIpc) is 2.43. The minimum absolute atomic E-state index is 0.0586. The van der Waals surface area contributed by atoms with Gasteiger partial charge in [-0.2, -0.15) is 11.8 Å². The van der Waals surface area contributed by atoms with Crippen LogP contribution in [0.5, 0.6) is 0 Å². The highest BCUT2D eigenvalue weighted by Crippen LogP contribution is 2.26. The summed E-state index contributed by atoms with van der Waals surface area (Å²) in [4.78, 5) is 23.2. The molecule has 1 aliphatic carbocycles. The Hall–Kier alpha value is -0.910. The first-order chi connectivity index (χ1) is 9.54. The van der Waals surface area contributed by atoms with Crippen LogP contribution in [0.25, 0.3) is 0 Å². The molecule has 0 aliphatic heterocycles. The van der Waals surface area contributed by atoms with E-state index in [1.807, 2.05) is 13.2 Å². The van der Waals surface area contributed by atoms with Gasteiger partial charge in [-0.25, -0.2) is 9.59 Å². The predicted molar refractivity (Wildman–Crippen MR) is 82.1 cm³/mol. The Morgan fingerprint density at radius 3 is 2.45 bits per heavy atom. The molecule has 1 rings (SSSR count). The molecule has 0 spiro atoms. The van der Waals surface area contributed by atoms with Gasteiger partial charge in [0.05, 0.1) is 0 Å². The van der Waals surface area contributed by atoms with Gasteiger partial charge < -0.3 is 15.7 Å². The lowest BCUT2D eigenvalue weighted by Crippen LogP contribution is -2.51. The maximum atomic E-state index is 11.9. The van der Waals surface area contributed by atoms with Crippen molar-refractivity contribution in [3.8, 4) is 0 Å². The zero-order valence-electron chi connectivity index (χ0n) is 12.4. The Morgan fingerprint density at radius 1 is 1.25 bits per heavy atom. The standard InChI is InChI=1S/C14H26N2O3S/c1-10(8-9-20-2)15-14(19)16-12(13(17)18)11-6-4-3-5-7-11/h10-12H,3-9H2,1-2H3,(H,17,18)(H2,15,16,19). The Bertz CT molecular complexity index is 320. The molecule has 0 radical (unpaired) electrons. The number of carboxylic acids is 1. The van der Waals surface area contributed by atoms with Crippen molar-refractivity contribution in [1.82, 2.24) is 10.6 Å². The van der Waals surface area contributed by atoms with Crippen molar-refractivity contribution >= 4 is 23.8 Å². The van der Waals surface area contributed by atoms with E-state index >= 15 is 0 Å². The van der Waals surface area contributed by atoms with Gasteiger partial charge in [-0.05, 0) is 44.1 Å². The minimum Gasteiger partial charge on any atom is -0.480 e. The zero-order valence-corrected chi connectivity index (χ0v) is 13.2. The second-order valence-corrected chi connectivity index (χ2v) is 6.50. The number of thioether (sulfide) groups is 1. The Labute approximate surface area is 125 Å². The summed E-state index contributed by atoms with van der Waals surface area (Å²) >= 11 is 1.73. The largest absolute Gasteiger partial charge is 0.480 e. The highest BCUT2D eigenvalue weighted by Gasteiger charge is 2.30. The molecule has 0 aromatic rings. The van der Waals surface area contributed by atoms with Gasteiger partial charge in [-0.3, -0.25) is 0 Å². The summed E-state index contributed by atoms with van der Waals surface area (Å²) in [5.41, 5.74) is 0. The number of hydrogen-bond donors (Lipinski definition) is 3. The average molecular weight is 302 g/mol. The van der Waals surface area contributed by atoms with E-state index in [0.29, 0.717) is 0 Å². The fourth-order valence-electron chi connectivity index (χ4n) is 2.62.